The molecule has 1 aromatic heterocycles. The summed E-state index contributed by atoms with van der Waals surface area (Å²) in [5, 5.41) is 0.752. The van der Waals surface area contributed by atoms with Crippen molar-refractivity contribution in [3.8, 4) is 0 Å². The minimum atomic E-state index is 0.189. The second kappa shape index (κ2) is 6.25. The van der Waals surface area contributed by atoms with E-state index in [1.165, 1.54) is 0 Å². The molecule has 0 aliphatic rings. The van der Waals surface area contributed by atoms with Crippen molar-refractivity contribution in [1.29, 1.82) is 0 Å². The molecule has 0 aliphatic heterocycles. The topological polar surface area (TPSA) is 42.1 Å². The highest BCUT2D eigenvalue weighted by molar-refractivity contribution is 6.30. The third-order valence-corrected chi connectivity index (χ3v) is 3.74. The van der Waals surface area contributed by atoms with Crippen molar-refractivity contribution in [3.05, 3.63) is 58.2 Å². The molecule has 1 aromatic carbocycles. The average Bonchev–Trinajstić information content (AvgIpc) is 2.45. The summed E-state index contributed by atoms with van der Waals surface area (Å²) in [4.78, 5) is 6.72. The highest BCUT2D eigenvalue weighted by Gasteiger charge is 2.14. The molecular weight excluding hydrogens is 270 g/mol. The van der Waals surface area contributed by atoms with Crippen LogP contribution in [0.15, 0.2) is 36.4 Å². The van der Waals surface area contributed by atoms with E-state index in [4.69, 9.17) is 17.3 Å². The van der Waals surface area contributed by atoms with E-state index in [9.17, 15) is 0 Å². The molecule has 1 heterocycles. The molecule has 1 unspecified atom stereocenters. The van der Waals surface area contributed by atoms with E-state index in [0.717, 1.165) is 27.7 Å². The molecule has 2 N–H and O–H groups in total. The minimum absolute atomic E-state index is 0.189. The van der Waals surface area contributed by atoms with Crippen molar-refractivity contribution in [1.82, 2.24) is 4.98 Å². The maximum atomic E-state index is 6.06. The maximum absolute atomic E-state index is 6.06. The van der Waals surface area contributed by atoms with Gasteiger partial charge in [0.05, 0.1) is 6.04 Å². The lowest BCUT2D eigenvalue weighted by molar-refractivity contribution is 0.726. The lowest BCUT2D eigenvalue weighted by atomic mass is 10.1. The molecule has 1 atom stereocenters. The maximum Gasteiger partial charge on any atom is 0.129 e. The van der Waals surface area contributed by atoms with Crippen LogP contribution >= 0.6 is 11.6 Å². The molecule has 0 aliphatic carbocycles. The van der Waals surface area contributed by atoms with Gasteiger partial charge in [-0.05, 0) is 49.2 Å². The van der Waals surface area contributed by atoms with Gasteiger partial charge in [0.1, 0.15) is 5.82 Å². The van der Waals surface area contributed by atoms with Gasteiger partial charge in [-0.15, -0.1) is 0 Å². The fraction of sp³-hybridized carbons (Fsp3) is 0.312. The van der Waals surface area contributed by atoms with E-state index < -0.39 is 0 Å². The first-order valence-corrected chi connectivity index (χ1v) is 7.05. The summed E-state index contributed by atoms with van der Waals surface area (Å²) < 4.78 is 0. The number of rotatable bonds is 4. The fourth-order valence-electron chi connectivity index (χ4n) is 2.21. The third-order valence-electron chi connectivity index (χ3n) is 3.51. The zero-order valence-corrected chi connectivity index (χ0v) is 12.9. The number of hydrogen-bond acceptors (Lipinski definition) is 3. The molecule has 2 aromatic rings. The number of halogens is 1. The summed E-state index contributed by atoms with van der Waals surface area (Å²) in [5.41, 5.74) is 8.97. The zero-order valence-electron chi connectivity index (χ0n) is 12.1. The number of aromatic nitrogens is 1. The van der Waals surface area contributed by atoms with Crippen molar-refractivity contribution in [2.75, 3.05) is 11.9 Å². The van der Waals surface area contributed by atoms with Gasteiger partial charge in [0, 0.05) is 24.3 Å². The molecule has 0 spiro atoms. The van der Waals surface area contributed by atoms with Crippen LogP contribution in [0.25, 0.3) is 0 Å². The largest absolute Gasteiger partial charge is 0.353 e. The zero-order chi connectivity index (χ0) is 14.7. The van der Waals surface area contributed by atoms with E-state index >= 15 is 0 Å². The van der Waals surface area contributed by atoms with E-state index in [2.05, 4.69) is 22.9 Å². The summed E-state index contributed by atoms with van der Waals surface area (Å²) in [6.07, 6.45) is 0. The summed E-state index contributed by atoms with van der Waals surface area (Å²) in [6.45, 7) is 4.65. The van der Waals surface area contributed by atoms with Crippen LogP contribution in [0.2, 0.25) is 5.02 Å². The molecule has 0 amide bonds. The van der Waals surface area contributed by atoms with Crippen LogP contribution in [0.3, 0.4) is 0 Å². The highest BCUT2D eigenvalue weighted by Crippen LogP contribution is 2.26. The molecule has 0 saturated heterocycles. The lowest BCUT2D eigenvalue weighted by Gasteiger charge is -2.27. The first-order valence-electron chi connectivity index (χ1n) is 6.67. The Kier molecular flexibility index (Phi) is 4.63. The molecule has 0 bridgehead atoms. The number of hydrogen-bond donors (Lipinski definition) is 1. The second-order valence-corrected chi connectivity index (χ2v) is 5.46. The van der Waals surface area contributed by atoms with E-state index in [1.807, 2.05) is 44.3 Å². The van der Waals surface area contributed by atoms with Gasteiger partial charge in [-0.3, -0.25) is 0 Å². The second-order valence-electron chi connectivity index (χ2n) is 5.02. The molecule has 0 radical (unpaired) electrons. The monoisotopic (exact) mass is 289 g/mol. The summed E-state index contributed by atoms with van der Waals surface area (Å²) in [7, 11) is 2.04. The van der Waals surface area contributed by atoms with Crippen molar-refractivity contribution in [2.45, 2.75) is 26.4 Å². The van der Waals surface area contributed by atoms with Gasteiger partial charge in [0.25, 0.3) is 0 Å². The molecule has 0 saturated carbocycles. The fourth-order valence-corrected chi connectivity index (χ4v) is 2.41. The standard InChI is InChI=1S/C16H20ClN3/c1-11-7-13(10-18)8-16(19-11)20(3)12(2)14-5-4-6-15(17)9-14/h4-9,12H,10,18H2,1-3H3. The average molecular weight is 290 g/mol. The Bertz CT molecular complexity index is 598. The van der Waals surface area contributed by atoms with Crippen molar-refractivity contribution in [2.24, 2.45) is 5.73 Å². The van der Waals surface area contributed by atoms with Crippen LogP contribution in [0.5, 0.6) is 0 Å². The normalized spacial score (nSPS) is 12.2. The highest BCUT2D eigenvalue weighted by atomic mass is 35.5. The van der Waals surface area contributed by atoms with Gasteiger partial charge in [0.2, 0.25) is 0 Å². The molecule has 0 fully saturated rings. The van der Waals surface area contributed by atoms with E-state index in [1.54, 1.807) is 0 Å². The van der Waals surface area contributed by atoms with Gasteiger partial charge in [-0.1, -0.05) is 23.7 Å². The van der Waals surface area contributed by atoms with Crippen LogP contribution in [-0.4, -0.2) is 12.0 Å². The van der Waals surface area contributed by atoms with Gasteiger partial charge >= 0.3 is 0 Å². The number of nitrogens with two attached hydrogens (primary N) is 1. The van der Waals surface area contributed by atoms with Crippen molar-refractivity contribution >= 4 is 17.4 Å². The summed E-state index contributed by atoms with van der Waals surface area (Å²) in [5.74, 6) is 0.929. The Labute approximate surface area is 125 Å². The molecule has 20 heavy (non-hydrogen) atoms. The Morgan fingerprint density at radius 3 is 2.70 bits per heavy atom. The number of nitrogens with zero attached hydrogens (tertiary/aromatic N) is 2. The first-order chi connectivity index (χ1) is 9.51. The number of anilines is 1. The van der Waals surface area contributed by atoms with Crippen LogP contribution in [0, 0.1) is 6.92 Å². The molecule has 3 nitrogen and oxygen atoms in total. The van der Waals surface area contributed by atoms with Crippen LogP contribution in [0.1, 0.15) is 29.8 Å². The Morgan fingerprint density at radius 1 is 1.30 bits per heavy atom. The van der Waals surface area contributed by atoms with Gasteiger partial charge < -0.3 is 10.6 Å². The Morgan fingerprint density at radius 2 is 2.05 bits per heavy atom. The van der Waals surface area contributed by atoms with Crippen LogP contribution in [0.4, 0.5) is 5.82 Å². The third kappa shape index (κ3) is 3.30. The first kappa shape index (κ1) is 14.8. The summed E-state index contributed by atoms with van der Waals surface area (Å²) >= 11 is 6.06. The summed E-state index contributed by atoms with van der Waals surface area (Å²) in [6, 6.07) is 12.2. The van der Waals surface area contributed by atoms with Gasteiger partial charge in [-0.25, -0.2) is 4.98 Å². The molecule has 2 rings (SSSR count). The van der Waals surface area contributed by atoms with Crippen LogP contribution < -0.4 is 10.6 Å². The van der Waals surface area contributed by atoms with Crippen molar-refractivity contribution in [3.63, 3.8) is 0 Å². The minimum Gasteiger partial charge on any atom is -0.353 e. The predicted molar refractivity (Wildman–Crippen MR) is 85.1 cm³/mol. The Balaban J connectivity index is 2.30. The molecule has 4 heteroatoms. The van der Waals surface area contributed by atoms with Crippen molar-refractivity contribution < 1.29 is 0 Å². The molecule has 106 valence electrons. The van der Waals surface area contributed by atoms with Crippen LogP contribution in [-0.2, 0) is 6.54 Å². The quantitative estimate of drug-likeness (QED) is 0.933. The predicted octanol–water partition coefficient (Wildman–Crippen LogP) is 3.70. The van der Waals surface area contributed by atoms with Gasteiger partial charge in [0.15, 0.2) is 0 Å². The molecular formula is C16H20ClN3. The van der Waals surface area contributed by atoms with E-state index in [0.29, 0.717) is 6.54 Å². The number of pyridine rings is 1. The number of benzene rings is 1. The number of aryl methyl sites for hydroxylation is 1. The van der Waals surface area contributed by atoms with Gasteiger partial charge in [-0.2, -0.15) is 0 Å². The lowest BCUT2D eigenvalue weighted by Crippen LogP contribution is -2.23. The smallest absolute Gasteiger partial charge is 0.129 e. The SMILES string of the molecule is Cc1cc(CN)cc(N(C)C(C)c2cccc(Cl)c2)n1. The van der Waals surface area contributed by atoms with E-state index in [-0.39, 0.29) is 6.04 Å². The Hall–Kier alpha value is -1.58.